The molecule has 0 fully saturated rings. The van der Waals surface area contributed by atoms with E-state index in [4.69, 9.17) is 6.42 Å². The van der Waals surface area contributed by atoms with Gasteiger partial charge >= 0.3 is 0 Å². The topological polar surface area (TPSA) is 24.9 Å². The molecule has 1 aromatic heterocycles. The summed E-state index contributed by atoms with van der Waals surface area (Å²) in [5.74, 6) is 2.57. The Morgan fingerprint density at radius 2 is 2.38 bits per heavy atom. The molecule has 13 heavy (non-hydrogen) atoms. The third-order valence-corrected chi connectivity index (χ3v) is 2.01. The summed E-state index contributed by atoms with van der Waals surface area (Å²) in [7, 11) is 0. The quantitative estimate of drug-likeness (QED) is 0.641. The van der Waals surface area contributed by atoms with Gasteiger partial charge in [-0.05, 0) is 28.1 Å². The first-order chi connectivity index (χ1) is 6.33. The standard InChI is InChI=1S/C10H11BrN2/c1-2-3-6-12-8-10-5-4-9(11)7-13-10/h1,4-5,7,12H,3,6,8H2. The number of terminal acetylenes is 1. The molecule has 0 atom stereocenters. The Bertz CT molecular complexity index is 287. The molecule has 0 spiro atoms. The number of nitrogens with one attached hydrogen (secondary N) is 1. The van der Waals surface area contributed by atoms with Gasteiger partial charge in [0.2, 0.25) is 0 Å². The van der Waals surface area contributed by atoms with Crippen LogP contribution in [-0.2, 0) is 6.54 Å². The summed E-state index contributed by atoms with van der Waals surface area (Å²) >= 11 is 3.33. The smallest absolute Gasteiger partial charge is 0.0542 e. The molecule has 1 N–H and O–H groups in total. The van der Waals surface area contributed by atoms with Crippen LogP contribution in [0.4, 0.5) is 0 Å². The van der Waals surface area contributed by atoms with E-state index in [-0.39, 0.29) is 0 Å². The van der Waals surface area contributed by atoms with Gasteiger partial charge in [-0.3, -0.25) is 4.98 Å². The van der Waals surface area contributed by atoms with E-state index in [9.17, 15) is 0 Å². The largest absolute Gasteiger partial charge is 0.310 e. The van der Waals surface area contributed by atoms with Gasteiger partial charge < -0.3 is 5.32 Å². The van der Waals surface area contributed by atoms with E-state index in [1.165, 1.54) is 0 Å². The van der Waals surface area contributed by atoms with Crippen LogP contribution in [0.5, 0.6) is 0 Å². The summed E-state index contributed by atoms with van der Waals surface area (Å²) in [5, 5.41) is 3.20. The van der Waals surface area contributed by atoms with E-state index >= 15 is 0 Å². The van der Waals surface area contributed by atoms with Gasteiger partial charge in [0.15, 0.2) is 0 Å². The lowest BCUT2D eigenvalue weighted by Crippen LogP contribution is -2.14. The fourth-order valence-corrected chi connectivity index (χ4v) is 1.12. The number of hydrogen-bond acceptors (Lipinski definition) is 2. The third kappa shape index (κ3) is 4.07. The highest BCUT2D eigenvalue weighted by Gasteiger charge is 1.92. The molecule has 0 aliphatic rings. The number of rotatable bonds is 4. The van der Waals surface area contributed by atoms with Crippen LogP contribution >= 0.6 is 15.9 Å². The average Bonchev–Trinajstić information content (AvgIpc) is 2.15. The maximum Gasteiger partial charge on any atom is 0.0542 e. The van der Waals surface area contributed by atoms with Gasteiger partial charge in [-0.2, -0.15) is 0 Å². The molecule has 0 amide bonds. The van der Waals surface area contributed by atoms with Crippen molar-refractivity contribution in [2.45, 2.75) is 13.0 Å². The Hall–Kier alpha value is -0.850. The predicted molar refractivity (Wildman–Crippen MR) is 57.1 cm³/mol. The monoisotopic (exact) mass is 238 g/mol. The minimum Gasteiger partial charge on any atom is -0.310 e. The van der Waals surface area contributed by atoms with Crippen LogP contribution in [-0.4, -0.2) is 11.5 Å². The van der Waals surface area contributed by atoms with Gasteiger partial charge in [0.05, 0.1) is 5.69 Å². The molecule has 0 saturated heterocycles. The number of nitrogens with zero attached hydrogens (tertiary/aromatic N) is 1. The zero-order valence-electron chi connectivity index (χ0n) is 7.26. The first-order valence-electron chi connectivity index (χ1n) is 4.07. The van der Waals surface area contributed by atoms with Crippen LogP contribution in [0.3, 0.4) is 0 Å². The average molecular weight is 239 g/mol. The van der Waals surface area contributed by atoms with E-state index < -0.39 is 0 Å². The van der Waals surface area contributed by atoms with Crippen LogP contribution in [0.1, 0.15) is 12.1 Å². The van der Waals surface area contributed by atoms with Gasteiger partial charge in [0.25, 0.3) is 0 Å². The minimum atomic E-state index is 0.760. The third-order valence-electron chi connectivity index (χ3n) is 1.54. The molecule has 0 aliphatic carbocycles. The van der Waals surface area contributed by atoms with Crippen LogP contribution < -0.4 is 5.32 Å². The summed E-state index contributed by atoms with van der Waals surface area (Å²) in [6.45, 7) is 1.61. The highest BCUT2D eigenvalue weighted by molar-refractivity contribution is 9.10. The van der Waals surface area contributed by atoms with Crippen molar-refractivity contribution in [1.82, 2.24) is 10.3 Å². The van der Waals surface area contributed by atoms with Gasteiger partial charge in [-0.1, -0.05) is 0 Å². The van der Waals surface area contributed by atoms with Crippen molar-refractivity contribution in [3.8, 4) is 12.3 Å². The molecule has 0 aromatic carbocycles. The van der Waals surface area contributed by atoms with Crippen LogP contribution in [0.15, 0.2) is 22.8 Å². The lowest BCUT2D eigenvalue weighted by Gasteiger charge is -2.01. The molecule has 0 aliphatic heterocycles. The number of aromatic nitrogens is 1. The summed E-state index contributed by atoms with van der Waals surface area (Å²) in [4.78, 5) is 4.21. The Labute approximate surface area is 86.9 Å². The first-order valence-corrected chi connectivity index (χ1v) is 4.87. The predicted octanol–water partition coefficient (Wildman–Crippen LogP) is 1.96. The molecule has 1 heterocycles. The van der Waals surface area contributed by atoms with Crippen molar-refractivity contribution in [3.05, 3.63) is 28.5 Å². The van der Waals surface area contributed by atoms with E-state index in [0.29, 0.717) is 0 Å². The van der Waals surface area contributed by atoms with Crippen molar-refractivity contribution < 1.29 is 0 Å². The SMILES string of the molecule is C#CCCNCc1ccc(Br)cn1. The second kappa shape index (κ2) is 5.74. The van der Waals surface area contributed by atoms with E-state index in [2.05, 4.69) is 32.2 Å². The van der Waals surface area contributed by atoms with E-state index in [1.54, 1.807) is 6.20 Å². The van der Waals surface area contributed by atoms with E-state index in [0.717, 1.165) is 29.7 Å². The Kier molecular flexibility index (Phi) is 4.52. The molecule has 2 nitrogen and oxygen atoms in total. The molecule has 1 rings (SSSR count). The molecular formula is C10H11BrN2. The van der Waals surface area contributed by atoms with E-state index in [1.807, 2.05) is 12.1 Å². The number of pyridine rings is 1. The maximum absolute atomic E-state index is 5.12. The highest BCUT2D eigenvalue weighted by Crippen LogP contribution is 2.06. The van der Waals surface area contributed by atoms with Gasteiger partial charge in [0, 0.05) is 30.2 Å². The van der Waals surface area contributed by atoms with Gasteiger partial charge in [-0.15, -0.1) is 12.3 Å². The summed E-state index contributed by atoms with van der Waals surface area (Å²) in [5.41, 5.74) is 1.03. The Morgan fingerprint density at radius 3 is 3.00 bits per heavy atom. The maximum atomic E-state index is 5.12. The lowest BCUT2D eigenvalue weighted by atomic mass is 10.3. The van der Waals surface area contributed by atoms with Crippen LogP contribution in [0.25, 0.3) is 0 Å². The molecule has 0 bridgehead atoms. The van der Waals surface area contributed by atoms with Crippen molar-refractivity contribution in [2.75, 3.05) is 6.54 Å². The molecule has 1 aromatic rings. The molecular weight excluding hydrogens is 228 g/mol. The summed E-state index contributed by atoms with van der Waals surface area (Å²) < 4.78 is 1.000. The molecule has 68 valence electrons. The second-order valence-corrected chi connectivity index (χ2v) is 3.51. The first kappa shape index (κ1) is 10.2. The van der Waals surface area contributed by atoms with Crippen molar-refractivity contribution in [1.29, 1.82) is 0 Å². The Morgan fingerprint density at radius 1 is 1.54 bits per heavy atom. The van der Waals surface area contributed by atoms with Crippen LogP contribution in [0.2, 0.25) is 0 Å². The zero-order valence-corrected chi connectivity index (χ0v) is 8.84. The van der Waals surface area contributed by atoms with Crippen LogP contribution in [0, 0.1) is 12.3 Å². The second-order valence-electron chi connectivity index (χ2n) is 2.60. The Balaban J connectivity index is 2.30. The fourth-order valence-electron chi connectivity index (χ4n) is 0.888. The number of hydrogen-bond donors (Lipinski definition) is 1. The molecule has 0 unspecified atom stereocenters. The van der Waals surface area contributed by atoms with Crippen molar-refractivity contribution in [2.24, 2.45) is 0 Å². The van der Waals surface area contributed by atoms with Gasteiger partial charge in [-0.25, -0.2) is 0 Å². The number of halogens is 1. The lowest BCUT2D eigenvalue weighted by molar-refractivity contribution is 0.687. The minimum absolute atomic E-state index is 0.760. The van der Waals surface area contributed by atoms with Crippen molar-refractivity contribution >= 4 is 15.9 Å². The highest BCUT2D eigenvalue weighted by atomic mass is 79.9. The molecule has 0 saturated carbocycles. The zero-order chi connectivity index (χ0) is 9.52. The summed E-state index contributed by atoms with van der Waals surface area (Å²) in [6, 6.07) is 3.96. The molecule has 3 heteroatoms. The van der Waals surface area contributed by atoms with Gasteiger partial charge in [0.1, 0.15) is 0 Å². The fraction of sp³-hybridized carbons (Fsp3) is 0.300. The van der Waals surface area contributed by atoms with Crippen molar-refractivity contribution in [3.63, 3.8) is 0 Å². The normalized spacial score (nSPS) is 9.54. The molecule has 0 radical (unpaired) electrons. The summed E-state index contributed by atoms with van der Waals surface area (Å²) in [6.07, 6.45) is 7.67.